The molecule has 2 aromatic rings. The van der Waals surface area contributed by atoms with Gasteiger partial charge >= 0.3 is 0 Å². The number of halogens is 1. The van der Waals surface area contributed by atoms with Crippen molar-refractivity contribution in [3.8, 4) is 17.2 Å². The van der Waals surface area contributed by atoms with Gasteiger partial charge in [0.2, 0.25) is 5.75 Å². The molecule has 0 spiro atoms. The summed E-state index contributed by atoms with van der Waals surface area (Å²) >= 11 is 3.73. The summed E-state index contributed by atoms with van der Waals surface area (Å²) < 4.78 is 17.6. The number of aryl methyl sites for hydroxylation is 2. The first-order valence-electron chi connectivity index (χ1n) is 11.0. The van der Waals surface area contributed by atoms with Gasteiger partial charge in [0.1, 0.15) is 0 Å². The van der Waals surface area contributed by atoms with Crippen LogP contribution < -0.4 is 24.8 Å². The number of hydrogen-bond acceptors (Lipinski definition) is 6. The van der Waals surface area contributed by atoms with Crippen LogP contribution in [0.4, 0.5) is 11.4 Å². The number of hydrogen-bond donors (Lipinski definition) is 2. The fourth-order valence-electron chi connectivity index (χ4n) is 4.79. The number of benzene rings is 2. The second kappa shape index (κ2) is 8.60. The maximum Gasteiger partial charge on any atom is 0.204 e. The van der Waals surface area contributed by atoms with Gasteiger partial charge in [0.15, 0.2) is 17.3 Å². The smallest absolute Gasteiger partial charge is 0.204 e. The number of carbonyl (C=O) groups is 1. The van der Waals surface area contributed by atoms with Crippen molar-refractivity contribution in [2.75, 3.05) is 32.0 Å². The quantitative estimate of drug-likeness (QED) is 0.497. The summed E-state index contributed by atoms with van der Waals surface area (Å²) in [6.45, 7) is 8.47. The normalized spacial score (nSPS) is 19.0. The molecule has 1 heterocycles. The first-order valence-corrected chi connectivity index (χ1v) is 11.8. The van der Waals surface area contributed by atoms with Gasteiger partial charge in [-0.05, 0) is 70.9 Å². The maximum absolute atomic E-state index is 13.6. The van der Waals surface area contributed by atoms with Crippen LogP contribution in [-0.2, 0) is 4.79 Å². The molecule has 0 amide bonds. The first-order chi connectivity index (χ1) is 15.6. The molecule has 1 aliphatic heterocycles. The van der Waals surface area contributed by atoms with Crippen LogP contribution in [0, 0.1) is 19.3 Å². The van der Waals surface area contributed by atoms with Gasteiger partial charge in [0, 0.05) is 23.3 Å². The minimum atomic E-state index is -0.400. The highest BCUT2D eigenvalue weighted by atomic mass is 79.9. The highest BCUT2D eigenvalue weighted by Gasteiger charge is 2.40. The lowest BCUT2D eigenvalue weighted by atomic mass is 9.73. The van der Waals surface area contributed by atoms with E-state index in [0.29, 0.717) is 23.7 Å². The molecule has 0 radical (unpaired) electrons. The van der Waals surface area contributed by atoms with Crippen molar-refractivity contribution in [2.24, 2.45) is 5.41 Å². The predicted molar refractivity (Wildman–Crippen MR) is 135 cm³/mol. The monoisotopic (exact) mass is 514 g/mol. The van der Waals surface area contributed by atoms with Crippen LogP contribution in [0.2, 0.25) is 0 Å². The molecule has 33 heavy (non-hydrogen) atoms. The van der Waals surface area contributed by atoms with E-state index in [1.165, 1.54) is 11.1 Å². The molecule has 0 saturated carbocycles. The van der Waals surface area contributed by atoms with E-state index >= 15 is 0 Å². The summed E-state index contributed by atoms with van der Waals surface area (Å²) in [6.07, 6.45) is 1.27. The van der Waals surface area contributed by atoms with E-state index in [4.69, 9.17) is 14.2 Å². The van der Waals surface area contributed by atoms with Crippen LogP contribution in [0.25, 0.3) is 0 Å². The zero-order chi connectivity index (χ0) is 24.1. The van der Waals surface area contributed by atoms with Crippen LogP contribution in [-0.4, -0.2) is 27.1 Å². The van der Waals surface area contributed by atoms with Crippen molar-refractivity contribution in [1.29, 1.82) is 0 Å². The Kier molecular flexibility index (Phi) is 6.12. The van der Waals surface area contributed by atoms with E-state index < -0.39 is 6.04 Å². The first kappa shape index (κ1) is 23.5. The molecule has 2 N–H and O–H groups in total. The Morgan fingerprint density at radius 3 is 2.18 bits per heavy atom. The Morgan fingerprint density at radius 2 is 1.58 bits per heavy atom. The number of fused-ring (bicyclic) bond motifs is 1. The molecule has 6 nitrogen and oxygen atoms in total. The third kappa shape index (κ3) is 4.07. The van der Waals surface area contributed by atoms with Crippen molar-refractivity contribution in [3.63, 3.8) is 0 Å². The van der Waals surface area contributed by atoms with Crippen LogP contribution >= 0.6 is 15.9 Å². The Hall–Kier alpha value is -2.67. The Morgan fingerprint density at radius 1 is 0.939 bits per heavy atom. The van der Waals surface area contributed by atoms with Gasteiger partial charge in [0.05, 0.1) is 43.2 Å². The molecule has 176 valence electrons. The molecule has 0 bridgehead atoms. The van der Waals surface area contributed by atoms with Crippen LogP contribution in [0.3, 0.4) is 0 Å². The molecule has 0 aromatic heterocycles. The van der Waals surface area contributed by atoms with Crippen molar-refractivity contribution in [3.05, 3.63) is 50.6 Å². The van der Waals surface area contributed by atoms with Crippen LogP contribution in [0.1, 0.15) is 49.4 Å². The van der Waals surface area contributed by atoms with Crippen LogP contribution in [0.5, 0.6) is 17.2 Å². The summed E-state index contributed by atoms with van der Waals surface area (Å²) in [6, 6.07) is 5.78. The zero-order valence-electron chi connectivity index (χ0n) is 20.2. The van der Waals surface area contributed by atoms with Gasteiger partial charge in [-0.2, -0.15) is 0 Å². The summed E-state index contributed by atoms with van der Waals surface area (Å²) in [7, 11) is 4.76. The van der Waals surface area contributed by atoms with Gasteiger partial charge in [-0.25, -0.2) is 0 Å². The second-order valence-corrected chi connectivity index (χ2v) is 10.4. The minimum absolute atomic E-state index is 0.121. The Labute approximate surface area is 203 Å². The fourth-order valence-corrected chi connectivity index (χ4v) is 5.48. The SMILES string of the molecule is COc1cc([C@H]2Nc3cc(C)c(C)cc3NC3=C2C(=O)CC(C)(C)C3)c(Br)c(OC)c1OC. The number of methoxy groups -OCH3 is 3. The standard InChI is InChI=1S/C26H31BrN2O4/c1-13-8-16-17(9-14(13)2)29-23(21-18(28-16)11-26(3,4)12-19(21)30)15-10-20(31-5)24(32-6)25(33-7)22(15)27/h8-10,23,28-29H,11-12H2,1-7H3/t23-/m1/s1. The highest BCUT2D eigenvalue weighted by Crippen LogP contribution is 2.51. The minimum Gasteiger partial charge on any atom is -0.493 e. The lowest BCUT2D eigenvalue weighted by molar-refractivity contribution is -0.118. The lowest BCUT2D eigenvalue weighted by Gasteiger charge is -2.34. The Bertz CT molecular complexity index is 1170. The third-order valence-corrected chi connectivity index (χ3v) is 7.35. The third-order valence-electron chi connectivity index (χ3n) is 6.54. The van der Waals surface area contributed by atoms with E-state index in [9.17, 15) is 4.79 Å². The molecular weight excluding hydrogens is 484 g/mol. The number of carbonyl (C=O) groups excluding carboxylic acids is 1. The van der Waals surface area contributed by atoms with E-state index in [1.54, 1.807) is 21.3 Å². The summed E-state index contributed by atoms with van der Waals surface area (Å²) in [4.78, 5) is 13.6. The average Bonchev–Trinajstić information content (AvgIpc) is 2.89. The molecule has 2 aromatic carbocycles. The van der Waals surface area contributed by atoms with Gasteiger partial charge in [-0.3, -0.25) is 4.79 Å². The number of Topliss-reactive ketones (excluding diaryl/α,β-unsaturated/α-hetero) is 1. The van der Waals surface area contributed by atoms with Crippen molar-refractivity contribution in [2.45, 2.75) is 46.6 Å². The molecule has 0 unspecified atom stereocenters. The van der Waals surface area contributed by atoms with Crippen molar-refractivity contribution >= 4 is 33.1 Å². The zero-order valence-corrected chi connectivity index (χ0v) is 21.8. The van der Waals surface area contributed by atoms with E-state index in [-0.39, 0.29) is 11.2 Å². The van der Waals surface area contributed by atoms with Gasteiger partial charge in [-0.15, -0.1) is 0 Å². The molecule has 1 atom stereocenters. The maximum atomic E-state index is 13.6. The largest absolute Gasteiger partial charge is 0.493 e. The number of allylic oxidation sites excluding steroid dienone is 1. The number of anilines is 2. The summed E-state index contributed by atoms with van der Waals surface area (Å²) in [5.41, 5.74) is 6.72. The number of rotatable bonds is 4. The average molecular weight is 515 g/mol. The molecule has 7 heteroatoms. The Balaban J connectivity index is 1.99. The molecule has 1 aliphatic carbocycles. The van der Waals surface area contributed by atoms with Crippen LogP contribution in [0.15, 0.2) is 33.9 Å². The lowest BCUT2D eigenvalue weighted by Crippen LogP contribution is -2.31. The fraction of sp³-hybridized carbons (Fsp3) is 0.423. The summed E-state index contributed by atoms with van der Waals surface area (Å²) in [5, 5.41) is 7.27. The summed E-state index contributed by atoms with van der Waals surface area (Å²) in [5.74, 6) is 1.70. The van der Waals surface area contributed by atoms with E-state index in [0.717, 1.165) is 39.1 Å². The molecular formula is C26H31BrN2O4. The topological polar surface area (TPSA) is 68.8 Å². The predicted octanol–water partition coefficient (Wildman–Crippen LogP) is 6.31. The van der Waals surface area contributed by atoms with E-state index in [1.807, 2.05) is 6.07 Å². The number of nitrogens with one attached hydrogen (secondary N) is 2. The van der Waals surface area contributed by atoms with Gasteiger partial charge in [0.25, 0.3) is 0 Å². The number of ether oxygens (including phenoxy) is 3. The molecule has 0 saturated heterocycles. The highest BCUT2D eigenvalue weighted by molar-refractivity contribution is 9.10. The van der Waals surface area contributed by atoms with E-state index in [2.05, 4.69) is 66.4 Å². The molecule has 4 rings (SSSR count). The van der Waals surface area contributed by atoms with Gasteiger partial charge in [-0.1, -0.05) is 13.8 Å². The molecule has 0 fully saturated rings. The van der Waals surface area contributed by atoms with Gasteiger partial charge < -0.3 is 24.8 Å². The van der Waals surface area contributed by atoms with Crippen molar-refractivity contribution in [1.82, 2.24) is 0 Å². The molecule has 2 aliphatic rings. The second-order valence-electron chi connectivity index (χ2n) is 9.57. The van der Waals surface area contributed by atoms with Crippen molar-refractivity contribution < 1.29 is 19.0 Å². The number of ketones is 1.